The second-order valence-electron chi connectivity index (χ2n) is 5.27. The second-order valence-corrected chi connectivity index (χ2v) is 5.27. The predicted molar refractivity (Wildman–Crippen MR) is 76.3 cm³/mol. The first-order valence-corrected chi connectivity index (χ1v) is 7.15. The molecule has 1 aromatic rings. The lowest BCUT2D eigenvalue weighted by molar-refractivity contribution is -0.128. The number of carbonyl (C=O) groups excluding carboxylic acids is 2. The van der Waals surface area contributed by atoms with E-state index in [0.29, 0.717) is 25.5 Å². The van der Waals surface area contributed by atoms with Crippen molar-refractivity contribution in [2.24, 2.45) is 5.92 Å². The Morgan fingerprint density at radius 3 is 2.60 bits per heavy atom. The van der Waals surface area contributed by atoms with Gasteiger partial charge in [0.25, 0.3) is 0 Å². The molecule has 108 valence electrons. The fourth-order valence-electron chi connectivity index (χ4n) is 2.55. The molecule has 1 fully saturated rings. The van der Waals surface area contributed by atoms with Gasteiger partial charge in [-0.15, -0.1) is 0 Å². The second kappa shape index (κ2) is 6.55. The molecule has 0 unspecified atom stereocenters. The monoisotopic (exact) mass is 275 g/mol. The summed E-state index contributed by atoms with van der Waals surface area (Å²) in [5.74, 6) is 0.392. The number of carbonyl (C=O) groups is 2. The highest BCUT2D eigenvalue weighted by Crippen LogP contribution is 2.31. The number of cyclic esters (lactones) is 1. The van der Waals surface area contributed by atoms with E-state index in [1.165, 1.54) is 4.90 Å². The van der Waals surface area contributed by atoms with Crippen LogP contribution in [0.4, 0.5) is 4.79 Å². The van der Waals surface area contributed by atoms with Crippen LogP contribution in [0.25, 0.3) is 0 Å². The van der Waals surface area contributed by atoms with Crippen molar-refractivity contribution >= 4 is 12.0 Å². The number of rotatable bonds is 5. The third kappa shape index (κ3) is 3.18. The highest BCUT2D eigenvalue weighted by atomic mass is 16.6. The Balaban J connectivity index is 2.12. The molecule has 1 aliphatic rings. The molecule has 0 radical (unpaired) electrons. The Kier molecular flexibility index (Phi) is 4.77. The van der Waals surface area contributed by atoms with Crippen LogP contribution in [-0.2, 0) is 9.53 Å². The van der Waals surface area contributed by atoms with Crippen molar-refractivity contribution in [3.8, 4) is 0 Å². The summed E-state index contributed by atoms with van der Waals surface area (Å²) in [6, 6.07) is 10.0. The molecule has 0 saturated carbocycles. The van der Waals surface area contributed by atoms with Gasteiger partial charge in [0.1, 0.15) is 6.61 Å². The van der Waals surface area contributed by atoms with E-state index < -0.39 is 6.09 Å². The minimum Gasteiger partial charge on any atom is -0.447 e. The van der Waals surface area contributed by atoms with Crippen LogP contribution in [0, 0.1) is 5.92 Å². The maximum absolute atomic E-state index is 12.3. The molecule has 4 nitrogen and oxygen atoms in total. The van der Waals surface area contributed by atoms with Crippen molar-refractivity contribution in [2.75, 3.05) is 13.2 Å². The first kappa shape index (κ1) is 14.6. The fourth-order valence-corrected chi connectivity index (χ4v) is 2.55. The van der Waals surface area contributed by atoms with Gasteiger partial charge in [0.05, 0.1) is 6.54 Å². The minimum atomic E-state index is -0.508. The highest BCUT2D eigenvalue weighted by Gasteiger charge is 2.31. The SMILES string of the molecule is CC[C@H](C)[C@@H](CC(=O)N1CCOC1=O)c1ccccc1. The normalized spacial score (nSPS) is 17.7. The van der Waals surface area contributed by atoms with Crippen molar-refractivity contribution in [3.05, 3.63) is 35.9 Å². The molecule has 2 amide bonds. The van der Waals surface area contributed by atoms with Gasteiger partial charge in [-0.3, -0.25) is 4.79 Å². The van der Waals surface area contributed by atoms with Crippen LogP contribution in [0.2, 0.25) is 0 Å². The number of benzene rings is 1. The Morgan fingerprint density at radius 2 is 2.05 bits per heavy atom. The van der Waals surface area contributed by atoms with Crippen LogP contribution in [-0.4, -0.2) is 30.1 Å². The summed E-state index contributed by atoms with van der Waals surface area (Å²) < 4.78 is 4.83. The molecule has 1 heterocycles. The average molecular weight is 275 g/mol. The number of hydrogen-bond donors (Lipinski definition) is 0. The summed E-state index contributed by atoms with van der Waals surface area (Å²) >= 11 is 0. The Morgan fingerprint density at radius 1 is 1.35 bits per heavy atom. The first-order chi connectivity index (χ1) is 9.63. The first-order valence-electron chi connectivity index (χ1n) is 7.15. The molecule has 20 heavy (non-hydrogen) atoms. The summed E-state index contributed by atoms with van der Waals surface area (Å²) in [4.78, 5) is 25.0. The summed E-state index contributed by atoms with van der Waals surface area (Å²) in [5.41, 5.74) is 1.16. The molecular formula is C16H21NO3. The number of nitrogens with zero attached hydrogens (tertiary/aromatic N) is 1. The maximum atomic E-state index is 12.3. The standard InChI is InChI=1S/C16H21NO3/c1-3-12(2)14(13-7-5-4-6-8-13)11-15(18)17-9-10-20-16(17)19/h4-8,12,14H,3,9-11H2,1-2H3/t12-,14+/m0/s1. The molecule has 2 atom stereocenters. The van der Waals surface area contributed by atoms with Crippen molar-refractivity contribution in [1.82, 2.24) is 4.90 Å². The molecule has 2 rings (SSSR count). The van der Waals surface area contributed by atoms with E-state index in [2.05, 4.69) is 13.8 Å². The molecule has 0 spiro atoms. The van der Waals surface area contributed by atoms with Crippen LogP contribution in [0.1, 0.15) is 38.2 Å². The third-order valence-corrected chi connectivity index (χ3v) is 4.01. The number of imide groups is 1. The van der Waals surface area contributed by atoms with Crippen molar-refractivity contribution in [1.29, 1.82) is 0 Å². The Hall–Kier alpha value is -1.84. The summed E-state index contributed by atoms with van der Waals surface area (Å²) in [6.07, 6.45) is 0.844. The quantitative estimate of drug-likeness (QED) is 0.829. The molecule has 1 saturated heterocycles. The lowest BCUT2D eigenvalue weighted by Gasteiger charge is -2.24. The van der Waals surface area contributed by atoms with Gasteiger partial charge in [0.2, 0.25) is 5.91 Å². The van der Waals surface area contributed by atoms with E-state index in [-0.39, 0.29) is 11.8 Å². The number of hydrogen-bond acceptors (Lipinski definition) is 3. The largest absolute Gasteiger partial charge is 0.447 e. The molecule has 1 aromatic carbocycles. The number of amides is 2. The zero-order valence-corrected chi connectivity index (χ0v) is 12.0. The van der Waals surface area contributed by atoms with Crippen molar-refractivity contribution < 1.29 is 14.3 Å². The van der Waals surface area contributed by atoms with E-state index in [9.17, 15) is 9.59 Å². The molecule has 0 aliphatic carbocycles. The van der Waals surface area contributed by atoms with Crippen LogP contribution in [0.3, 0.4) is 0 Å². The summed E-state index contributed by atoms with van der Waals surface area (Å²) in [7, 11) is 0. The van der Waals surface area contributed by atoms with Crippen LogP contribution < -0.4 is 0 Å². The lowest BCUT2D eigenvalue weighted by atomic mass is 9.83. The van der Waals surface area contributed by atoms with Crippen molar-refractivity contribution in [2.45, 2.75) is 32.6 Å². The number of ether oxygens (including phenoxy) is 1. The predicted octanol–water partition coefficient (Wildman–Crippen LogP) is 3.19. The van der Waals surface area contributed by atoms with Gasteiger partial charge in [-0.25, -0.2) is 9.69 Å². The van der Waals surface area contributed by atoms with E-state index in [1.807, 2.05) is 30.3 Å². The van der Waals surface area contributed by atoms with E-state index in [0.717, 1.165) is 12.0 Å². The smallest absolute Gasteiger partial charge is 0.416 e. The zero-order valence-electron chi connectivity index (χ0n) is 12.0. The maximum Gasteiger partial charge on any atom is 0.416 e. The lowest BCUT2D eigenvalue weighted by Crippen LogP contribution is -2.33. The van der Waals surface area contributed by atoms with Gasteiger partial charge in [-0.1, -0.05) is 50.6 Å². The zero-order chi connectivity index (χ0) is 14.5. The fraction of sp³-hybridized carbons (Fsp3) is 0.500. The molecule has 4 heteroatoms. The Labute approximate surface area is 119 Å². The van der Waals surface area contributed by atoms with Gasteiger partial charge >= 0.3 is 6.09 Å². The van der Waals surface area contributed by atoms with Crippen LogP contribution >= 0.6 is 0 Å². The molecule has 0 N–H and O–H groups in total. The Bertz CT molecular complexity index is 472. The van der Waals surface area contributed by atoms with Gasteiger partial charge < -0.3 is 4.74 Å². The molecule has 0 bridgehead atoms. The van der Waals surface area contributed by atoms with Gasteiger partial charge in [-0.05, 0) is 17.4 Å². The molecule has 1 aliphatic heterocycles. The molecule has 0 aromatic heterocycles. The minimum absolute atomic E-state index is 0.137. The van der Waals surface area contributed by atoms with E-state index in [1.54, 1.807) is 0 Å². The van der Waals surface area contributed by atoms with Gasteiger partial charge in [0, 0.05) is 6.42 Å². The van der Waals surface area contributed by atoms with E-state index >= 15 is 0 Å². The van der Waals surface area contributed by atoms with Crippen LogP contribution in [0.5, 0.6) is 0 Å². The van der Waals surface area contributed by atoms with Crippen LogP contribution in [0.15, 0.2) is 30.3 Å². The summed E-state index contributed by atoms with van der Waals surface area (Å²) in [5, 5.41) is 0. The van der Waals surface area contributed by atoms with E-state index in [4.69, 9.17) is 4.74 Å². The topological polar surface area (TPSA) is 46.6 Å². The average Bonchev–Trinajstić information content (AvgIpc) is 2.91. The third-order valence-electron chi connectivity index (χ3n) is 4.01. The summed E-state index contributed by atoms with van der Waals surface area (Å²) in [6.45, 7) is 4.95. The molecular weight excluding hydrogens is 254 g/mol. The van der Waals surface area contributed by atoms with Crippen molar-refractivity contribution in [3.63, 3.8) is 0 Å². The van der Waals surface area contributed by atoms with Gasteiger partial charge in [-0.2, -0.15) is 0 Å². The highest BCUT2D eigenvalue weighted by molar-refractivity contribution is 5.93. The van der Waals surface area contributed by atoms with Gasteiger partial charge in [0.15, 0.2) is 0 Å².